The Labute approximate surface area is 249 Å². The summed E-state index contributed by atoms with van der Waals surface area (Å²) in [6.07, 6.45) is 1.05. The zero-order chi connectivity index (χ0) is 31.0. The highest BCUT2D eigenvalue weighted by Crippen LogP contribution is 2.37. The van der Waals surface area contributed by atoms with E-state index in [1.54, 1.807) is 0 Å². The van der Waals surface area contributed by atoms with E-state index in [1.165, 1.54) is 0 Å². The molecule has 0 unspecified atom stereocenters. The molecule has 0 aromatic carbocycles. The van der Waals surface area contributed by atoms with Gasteiger partial charge in [0.15, 0.2) is 16.6 Å². The highest BCUT2D eigenvalue weighted by Gasteiger charge is 2.37. The Hall–Kier alpha value is 0.0738. The van der Waals surface area contributed by atoms with Gasteiger partial charge in [-0.15, -0.1) is 0 Å². The van der Waals surface area contributed by atoms with Gasteiger partial charge in [-0.2, -0.15) is 0 Å². The van der Waals surface area contributed by atoms with Crippen LogP contribution < -0.4 is 0 Å². The van der Waals surface area contributed by atoms with Crippen molar-refractivity contribution >= 4 is 16.6 Å². The third kappa shape index (κ3) is 24.7. The summed E-state index contributed by atoms with van der Waals surface area (Å²) in [4.78, 5) is 0. The Morgan fingerprint density at radius 3 is 0.925 bits per heavy atom. The van der Waals surface area contributed by atoms with Gasteiger partial charge in [-0.3, -0.25) is 0 Å². The van der Waals surface area contributed by atoms with Gasteiger partial charge in [-0.1, -0.05) is 48.5 Å². The first kappa shape index (κ1) is 42.2. The highest BCUT2D eigenvalue weighted by molar-refractivity contribution is 6.74. The predicted octanol–water partition coefficient (Wildman–Crippen LogP) is 5.52. The summed E-state index contributed by atoms with van der Waals surface area (Å²) < 4.78 is 44.1. The summed E-state index contributed by atoms with van der Waals surface area (Å²) in [5, 5.41) is 9.00. The summed E-state index contributed by atoms with van der Waals surface area (Å²) in [6, 6.07) is 0. The number of ether oxygens (including phenoxy) is 6. The van der Waals surface area contributed by atoms with Crippen molar-refractivity contribution in [1.29, 1.82) is 0 Å². The zero-order valence-corrected chi connectivity index (χ0v) is 30.0. The van der Waals surface area contributed by atoms with Gasteiger partial charge < -0.3 is 42.4 Å². The normalized spacial score (nSPS) is 12.9. The van der Waals surface area contributed by atoms with Crippen LogP contribution in [0.5, 0.6) is 0 Å². The number of aliphatic hydroxyl groups excluding tert-OH is 1. The Bertz CT molecular complexity index is 503. The van der Waals surface area contributed by atoms with Crippen LogP contribution in [0.2, 0.25) is 36.3 Å². The molecule has 0 aliphatic heterocycles. The molecule has 0 saturated heterocycles. The Morgan fingerprint density at radius 2 is 0.675 bits per heavy atom. The molecule has 0 aromatic heterocycles. The van der Waals surface area contributed by atoms with Crippen LogP contribution in [0.25, 0.3) is 0 Å². The lowest BCUT2D eigenvalue weighted by Crippen LogP contribution is -2.41. The molecule has 0 aliphatic carbocycles. The molecule has 1 N–H and O–H groups in total. The van der Waals surface area contributed by atoms with Gasteiger partial charge in [-0.05, 0) is 42.7 Å². The van der Waals surface area contributed by atoms with Crippen molar-refractivity contribution in [3.05, 3.63) is 0 Å². The van der Waals surface area contributed by atoms with Crippen molar-refractivity contribution in [1.82, 2.24) is 0 Å². The summed E-state index contributed by atoms with van der Waals surface area (Å²) in [5.74, 6) is 0. The molecular formula is C29H66O9Si2. The molecule has 0 aliphatic rings. The van der Waals surface area contributed by atoms with Gasteiger partial charge in [0.1, 0.15) is 0 Å². The van der Waals surface area contributed by atoms with Crippen molar-refractivity contribution in [2.45, 2.75) is 91.2 Å². The smallest absolute Gasteiger partial charge is 0.192 e. The van der Waals surface area contributed by atoms with E-state index in [-0.39, 0.29) is 16.7 Å². The topological polar surface area (TPSA) is 94.1 Å². The molecule has 11 heteroatoms. The molecule has 0 saturated carbocycles. The van der Waals surface area contributed by atoms with Crippen molar-refractivity contribution < 1.29 is 42.4 Å². The lowest BCUT2D eigenvalue weighted by molar-refractivity contribution is 0.00297. The average molecular weight is 615 g/mol. The fourth-order valence-corrected chi connectivity index (χ4v) is 4.49. The number of rotatable bonds is 24. The fraction of sp³-hybridized carbons (Fsp3) is 1.00. The molecule has 0 aromatic rings. The molecule has 40 heavy (non-hydrogen) atoms. The molecule has 0 spiro atoms. The van der Waals surface area contributed by atoms with Gasteiger partial charge in [0.2, 0.25) is 0 Å². The molecule has 9 nitrogen and oxygen atoms in total. The summed E-state index contributed by atoms with van der Waals surface area (Å²) >= 11 is 0. The van der Waals surface area contributed by atoms with Gasteiger partial charge >= 0.3 is 0 Å². The van der Waals surface area contributed by atoms with Crippen LogP contribution in [0.1, 0.15) is 54.9 Å². The lowest BCUT2D eigenvalue weighted by atomic mass is 10.2. The van der Waals surface area contributed by atoms with E-state index in [0.717, 1.165) is 13.0 Å². The SMILES string of the molecule is CC(C)(C)[Si](C)(C)OCCOCCOCCOCCO.CCCOCCOCCOCCO[Si](C)(C)C(C)(C)C. The van der Waals surface area contributed by atoms with Crippen LogP contribution in [0.3, 0.4) is 0 Å². The summed E-state index contributed by atoms with van der Waals surface area (Å²) in [7, 11) is -3.27. The van der Waals surface area contributed by atoms with Crippen LogP contribution in [0.15, 0.2) is 0 Å². The minimum Gasteiger partial charge on any atom is -0.414 e. The average Bonchev–Trinajstić information content (AvgIpc) is 2.85. The second kappa shape index (κ2) is 24.5. The fourth-order valence-electron chi connectivity index (χ4n) is 2.44. The van der Waals surface area contributed by atoms with Crippen molar-refractivity contribution in [2.75, 3.05) is 99.1 Å². The third-order valence-electron chi connectivity index (χ3n) is 7.07. The summed E-state index contributed by atoms with van der Waals surface area (Å²) in [6.45, 7) is 33.0. The van der Waals surface area contributed by atoms with Crippen molar-refractivity contribution in [2.24, 2.45) is 0 Å². The van der Waals surface area contributed by atoms with E-state index in [9.17, 15) is 0 Å². The van der Waals surface area contributed by atoms with Crippen molar-refractivity contribution in [3.63, 3.8) is 0 Å². The minimum atomic E-state index is -1.65. The number of hydrogen-bond donors (Lipinski definition) is 1. The quantitative estimate of drug-likeness (QED) is 0.111. The van der Waals surface area contributed by atoms with Crippen molar-refractivity contribution in [3.8, 4) is 0 Å². The Kier molecular flexibility index (Phi) is 25.9. The van der Waals surface area contributed by atoms with E-state index >= 15 is 0 Å². The molecule has 0 radical (unpaired) electrons. The molecule has 0 atom stereocenters. The Morgan fingerprint density at radius 1 is 0.425 bits per heavy atom. The van der Waals surface area contributed by atoms with E-state index in [1.807, 2.05) is 0 Å². The Balaban J connectivity index is 0. The maximum Gasteiger partial charge on any atom is 0.192 e. The van der Waals surface area contributed by atoms with Gasteiger partial charge in [0, 0.05) is 6.61 Å². The monoisotopic (exact) mass is 614 g/mol. The number of hydrogen-bond acceptors (Lipinski definition) is 9. The van der Waals surface area contributed by atoms with E-state index in [2.05, 4.69) is 74.7 Å². The molecule has 0 heterocycles. The summed E-state index contributed by atoms with van der Waals surface area (Å²) in [5.41, 5.74) is 0. The number of aliphatic hydroxyl groups is 1. The van der Waals surface area contributed by atoms with Gasteiger partial charge in [0.25, 0.3) is 0 Å². The van der Waals surface area contributed by atoms with E-state index in [4.69, 9.17) is 42.4 Å². The maximum atomic E-state index is 8.50. The first-order chi connectivity index (χ1) is 18.6. The molecule has 244 valence electrons. The van der Waals surface area contributed by atoms with Crippen LogP contribution >= 0.6 is 0 Å². The minimum absolute atomic E-state index is 0.0529. The lowest BCUT2D eigenvalue weighted by Gasteiger charge is -2.36. The second-order valence-electron chi connectivity index (χ2n) is 12.6. The third-order valence-corrected chi connectivity index (χ3v) is 16.1. The van der Waals surface area contributed by atoms with Crippen LogP contribution in [0.4, 0.5) is 0 Å². The first-order valence-electron chi connectivity index (χ1n) is 15.0. The standard InChI is InChI=1S/C15H34O4Si.C14H32O5Si/c1-7-8-16-9-10-17-11-12-18-13-14-19-20(5,6)15(2,3)4;1-14(2,3)20(4,5)19-13-12-18-11-10-17-9-8-16-7-6-15/h7-14H2,1-6H3;15H,6-13H2,1-5H3. The van der Waals surface area contributed by atoms with Crippen LogP contribution in [-0.4, -0.2) is 121 Å². The highest BCUT2D eigenvalue weighted by atomic mass is 28.4. The maximum absolute atomic E-state index is 8.50. The second-order valence-corrected chi connectivity index (χ2v) is 22.2. The zero-order valence-electron chi connectivity index (χ0n) is 28.0. The van der Waals surface area contributed by atoms with E-state index < -0.39 is 16.6 Å². The van der Waals surface area contributed by atoms with Crippen LogP contribution in [-0.2, 0) is 37.3 Å². The van der Waals surface area contributed by atoms with Gasteiger partial charge in [-0.25, -0.2) is 0 Å². The first-order valence-corrected chi connectivity index (χ1v) is 20.8. The van der Waals surface area contributed by atoms with Gasteiger partial charge in [0.05, 0.1) is 92.5 Å². The molecular weight excluding hydrogens is 548 g/mol. The largest absolute Gasteiger partial charge is 0.414 e. The molecule has 0 rings (SSSR count). The molecule has 0 amide bonds. The molecule has 0 bridgehead atoms. The molecule has 0 fully saturated rings. The van der Waals surface area contributed by atoms with Crippen LogP contribution in [0, 0.1) is 0 Å². The van der Waals surface area contributed by atoms with E-state index in [0.29, 0.717) is 85.9 Å². The predicted molar refractivity (Wildman–Crippen MR) is 169 cm³/mol.